The molecular formula is C20H21NO5. The number of aliphatic hydroxyl groups is 1. The number of ether oxygens (including phenoxy) is 2. The number of fused-ring (bicyclic) bond motifs is 1. The largest absolute Gasteiger partial charge is 0.490 e. The summed E-state index contributed by atoms with van der Waals surface area (Å²) in [6, 6.07) is 14.0. The van der Waals surface area contributed by atoms with Crippen LogP contribution < -0.4 is 9.47 Å². The molecule has 2 amide bonds. The molecule has 6 heteroatoms. The van der Waals surface area contributed by atoms with E-state index in [9.17, 15) is 14.7 Å². The van der Waals surface area contributed by atoms with Gasteiger partial charge in [-0.3, -0.25) is 14.5 Å². The summed E-state index contributed by atoms with van der Waals surface area (Å²) in [6.45, 7) is 2.59. The van der Waals surface area contributed by atoms with Gasteiger partial charge in [-0.1, -0.05) is 24.3 Å². The second-order valence-electron chi connectivity index (χ2n) is 5.94. The molecule has 1 aliphatic rings. The minimum absolute atomic E-state index is 0.0489. The van der Waals surface area contributed by atoms with Gasteiger partial charge < -0.3 is 14.6 Å². The first-order valence-corrected chi connectivity index (χ1v) is 8.59. The number of rotatable bonds is 8. The van der Waals surface area contributed by atoms with Crippen molar-refractivity contribution in [2.24, 2.45) is 0 Å². The lowest BCUT2D eigenvalue weighted by atomic mass is 10.1. The second-order valence-corrected chi connectivity index (χ2v) is 5.94. The standard InChI is InChI=1S/C20H21NO5/c1-2-25-17-9-5-6-10-18(17)26-13-14(22)11-12-21-19(23)15-7-3-4-8-16(15)20(21)24/h3-10,14,22H,2,11-13H2,1H3/t14-/m0/s1. The van der Waals surface area contributed by atoms with Crippen molar-refractivity contribution in [1.82, 2.24) is 4.90 Å². The molecule has 0 bridgehead atoms. The van der Waals surface area contributed by atoms with Crippen LogP contribution in [0.5, 0.6) is 11.5 Å². The molecule has 0 radical (unpaired) electrons. The maximum atomic E-state index is 12.3. The van der Waals surface area contributed by atoms with E-state index in [1.807, 2.05) is 19.1 Å². The predicted molar refractivity (Wildman–Crippen MR) is 95.5 cm³/mol. The Hall–Kier alpha value is -2.86. The molecule has 0 saturated carbocycles. The van der Waals surface area contributed by atoms with Crippen molar-refractivity contribution < 1.29 is 24.2 Å². The summed E-state index contributed by atoms with van der Waals surface area (Å²) in [5, 5.41) is 10.2. The van der Waals surface area contributed by atoms with Gasteiger partial charge in [0.1, 0.15) is 6.61 Å². The van der Waals surface area contributed by atoms with E-state index in [1.54, 1.807) is 36.4 Å². The van der Waals surface area contributed by atoms with Gasteiger partial charge in [-0.2, -0.15) is 0 Å². The van der Waals surface area contributed by atoms with Crippen molar-refractivity contribution in [1.29, 1.82) is 0 Å². The van der Waals surface area contributed by atoms with Crippen LogP contribution in [-0.4, -0.2) is 47.7 Å². The van der Waals surface area contributed by atoms with E-state index in [2.05, 4.69) is 0 Å². The molecule has 1 N–H and O–H groups in total. The summed E-state index contributed by atoms with van der Waals surface area (Å²) in [4.78, 5) is 25.8. The number of nitrogens with zero attached hydrogens (tertiary/aromatic N) is 1. The van der Waals surface area contributed by atoms with Crippen LogP contribution in [0.4, 0.5) is 0 Å². The summed E-state index contributed by atoms with van der Waals surface area (Å²) >= 11 is 0. The van der Waals surface area contributed by atoms with Crippen LogP contribution in [0.15, 0.2) is 48.5 Å². The molecule has 26 heavy (non-hydrogen) atoms. The molecule has 136 valence electrons. The SMILES string of the molecule is CCOc1ccccc1OC[C@@H](O)CCN1C(=O)c2ccccc2C1=O. The van der Waals surface area contributed by atoms with E-state index in [0.717, 1.165) is 0 Å². The van der Waals surface area contributed by atoms with Crippen LogP contribution in [0.1, 0.15) is 34.1 Å². The van der Waals surface area contributed by atoms with E-state index in [4.69, 9.17) is 9.47 Å². The lowest BCUT2D eigenvalue weighted by molar-refractivity contribution is 0.0580. The minimum atomic E-state index is -0.811. The Bertz CT molecular complexity index is 769. The van der Waals surface area contributed by atoms with E-state index in [-0.39, 0.29) is 31.4 Å². The monoisotopic (exact) mass is 355 g/mol. The zero-order chi connectivity index (χ0) is 18.5. The molecule has 6 nitrogen and oxygen atoms in total. The van der Waals surface area contributed by atoms with Gasteiger partial charge in [0.15, 0.2) is 11.5 Å². The smallest absolute Gasteiger partial charge is 0.261 e. The van der Waals surface area contributed by atoms with Crippen molar-refractivity contribution in [2.75, 3.05) is 19.8 Å². The first kappa shape index (κ1) is 17.9. The highest BCUT2D eigenvalue weighted by atomic mass is 16.5. The summed E-state index contributed by atoms with van der Waals surface area (Å²) in [5.41, 5.74) is 0.822. The number of aliphatic hydroxyl groups excluding tert-OH is 1. The zero-order valence-electron chi connectivity index (χ0n) is 14.6. The fraction of sp³-hybridized carbons (Fsp3) is 0.300. The topological polar surface area (TPSA) is 76.1 Å². The normalized spacial score (nSPS) is 14.3. The van der Waals surface area contributed by atoms with Crippen LogP contribution in [0.3, 0.4) is 0 Å². The van der Waals surface area contributed by atoms with E-state index in [1.165, 1.54) is 4.90 Å². The Kier molecular flexibility index (Phi) is 5.53. The first-order valence-electron chi connectivity index (χ1n) is 8.59. The Morgan fingerprint density at radius 3 is 2.04 bits per heavy atom. The van der Waals surface area contributed by atoms with Gasteiger partial charge in [0.25, 0.3) is 11.8 Å². The molecule has 1 atom stereocenters. The van der Waals surface area contributed by atoms with Crippen LogP contribution in [0.2, 0.25) is 0 Å². The van der Waals surface area contributed by atoms with Crippen molar-refractivity contribution in [3.63, 3.8) is 0 Å². The lowest BCUT2D eigenvalue weighted by Crippen LogP contribution is -2.33. The van der Waals surface area contributed by atoms with Gasteiger partial charge in [-0.25, -0.2) is 0 Å². The number of imide groups is 1. The van der Waals surface area contributed by atoms with Gasteiger partial charge in [-0.15, -0.1) is 0 Å². The number of benzene rings is 2. The van der Waals surface area contributed by atoms with Gasteiger partial charge in [0, 0.05) is 6.54 Å². The number of carbonyl (C=O) groups is 2. The van der Waals surface area contributed by atoms with Gasteiger partial charge >= 0.3 is 0 Å². The highest BCUT2D eigenvalue weighted by molar-refractivity contribution is 6.21. The highest BCUT2D eigenvalue weighted by Gasteiger charge is 2.34. The lowest BCUT2D eigenvalue weighted by Gasteiger charge is -2.18. The second kappa shape index (κ2) is 8.01. The van der Waals surface area contributed by atoms with Crippen molar-refractivity contribution in [3.8, 4) is 11.5 Å². The molecule has 1 aliphatic heterocycles. The van der Waals surface area contributed by atoms with Crippen LogP contribution >= 0.6 is 0 Å². The number of hydrogen-bond acceptors (Lipinski definition) is 5. The molecule has 3 rings (SSSR count). The molecule has 2 aromatic rings. The van der Waals surface area contributed by atoms with Crippen LogP contribution in [-0.2, 0) is 0 Å². The molecule has 0 aliphatic carbocycles. The van der Waals surface area contributed by atoms with Gasteiger partial charge in [0.05, 0.1) is 23.8 Å². The molecule has 0 unspecified atom stereocenters. The van der Waals surface area contributed by atoms with E-state index < -0.39 is 6.10 Å². The van der Waals surface area contributed by atoms with Crippen molar-refractivity contribution in [3.05, 3.63) is 59.7 Å². The molecule has 0 aromatic heterocycles. The fourth-order valence-electron chi connectivity index (χ4n) is 2.83. The van der Waals surface area contributed by atoms with Crippen LogP contribution in [0, 0.1) is 0 Å². The fourth-order valence-corrected chi connectivity index (χ4v) is 2.83. The molecular weight excluding hydrogens is 334 g/mol. The van der Waals surface area contributed by atoms with E-state index >= 15 is 0 Å². The third-order valence-corrected chi connectivity index (χ3v) is 4.14. The molecule has 0 spiro atoms. The first-order chi connectivity index (χ1) is 12.6. The summed E-state index contributed by atoms with van der Waals surface area (Å²) in [6.07, 6.45) is -0.573. The average molecular weight is 355 g/mol. The summed E-state index contributed by atoms with van der Waals surface area (Å²) in [5.74, 6) is 0.525. The minimum Gasteiger partial charge on any atom is -0.490 e. The summed E-state index contributed by atoms with van der Waals surface area (Å²) < 4.78 is 11.1. The number of para-hydroxylation sites is 2. The molecule has 0 fully saturated rings. The van der Waals surface area contributed by atoms with Crippen molar-refractivity contribution >= 4 is 11.8 Å². The predicted octanol–water partition coefficient (Wildman–Crippen LogP) is 2.51. The zero-order valence-corrected chi connectivity index (χ0v) is 14.6. The van der Waals surface area contributed by atoms with E-state index in [0.29, 0.717) is 29.2 Å². The molecule has 1 heterocycles. The maximum Gasteiger partial charge on any atom is 0.261 e. The Morgan fingerprint density at radius 2 is 1.46 bits per heavy atom. The summed E-state index contributed by atoms with van der Waals surface area (Å²) in [7, 11) is 0. The van der Waals surface area contributed by atoms with Gasteiger partial charge in [0.2, 0.25) is 0 Å². The highest BCUT2D eigenvalue weighted by Crippen LogP contribution is 2.27. The Morgan fingerprint density at radius 1 is 0.923 bits per heavy atom. The average Bonchev–Trinajstić information content (AvgIpc) is 2.90. The molecule has 0 saturated heterocycles. The Labute approximate surface area is 152 Å². The number of carbonyl (C=O) groups excluding carboxylic acids is 2. The van der Waals surface area contributed by atoms with Gasteiger partial charge in [-0.05, 0) is 37.6 Å². The maximum absolute atomic E-state index is 12.3. The number of amides is 2. The molecule has 2 aromatic carbocycles. The third-order valence-electron chi connectivity index (χ3n) is 4.14. The van der Waals surface area contributed by atoms with Crippen molar-refractivity contribution in [2.45, 2.75) is 19.4 Å². The van der Waals surface area contributed by atoms with Crippen LogP contribution in [0.25, 0.3) is 0 Å². The number of hydrogen-bond donors (Lipinski definition) is 1. The Balaban J connectivity index is 1.53. The quantitative estimate of drug-likeness (QED) is 0.737. The third kappa shape index (κ3) is 3.70.